The molecule has 7 nitrogen and oxygen atoms in total. The molecule has 3 rings (SSSR count). The van der Waals surface area contributed by atoms with Crippen LogP contribution in [0.25, 0.3) is 0 Å². The third-order valence-electron chi connectivity index (χ3n) is 3.32. The molecule has 2 saturated heterocycles. The van der Waals surface area contributed by atoms with Crippen molar-refractivity contribution in [2.75, 3.05) is 57.4 Å². The van der Waals surface area contributed by atoms with Gasteiger partial charge in [-0.05, 0) is 5.16 Å². The average molecular weight is 253 g/mol. The van der Waals surface area contributed by atoms with Crippen LogP contribution in [0.5, 0.6) is 0 Å². The first kappa shape index (κ1) is 11.9. The van der Waals surface area contributed by atoms with Crippen molar-refractivity contribution in [3.63, 3.8) is 0 Å². The molecule has 1 aromatic rings. The predicted octanol–water partition coefficient (Wildman–Crippen LogP) is -0.689. The molecule has 0 unspecified atom stereocenters. The van der Waals surface area contributed by atoms with E-state index in [0.29, 0.717) is 11.8 Å². The van der Waals surface area contributed by atoms with Gasteiger partial charge in [0.2, 0.25) is 5.89 Å². The molecule has 1 aromatic heterocycles. The van der Waals surface area contributed by atoms with Gasteiger partial charge in [0.15, 0.2) is 0 Å². The zero-order valence-corrected chi connectivity index (χ0v) is 10.5. The molecule has 2 aliphatic rings. The molecule has 0 saturated carbocycles. The Hall–Kier alpha value is -1.18. The highest BCUT2D eigenvalue weighted by atomic mass is 16.5. The van der Waals surface area contributed by atoms with Crippen LogP contribution in [0.3, 0.4) is 0 Å². The maximum atomic E-state index is 5.31. The van der Waals surface area contributed by atoms with Crippen LogP contribution in [0.15, 0.2) is 4.52 Å². The summed E-state index contributed by atoms with van der Waals surface area (Å²) in [6.45, 7) is 8.04. The lowest BCUT2D eigenvalue weighted by atomic mass is 10.3. The van der Waals surface area contributed by atoms with E-state index in [1.54, 1.807) is 0 Å². The van der Waals surface area contributed by atoms with Crippen LogP contribution < -0.4 is 10.2 Å². The molecule has 100 valence electrons. The maximum Gasteiger partial charge on any atom is 0.266 e. The Kier molecular flexibility index (Phi) is 3.72. The minimum atomic E-state index is 0.698. The average Bonchev–Trinajstić information content (AvgIpc) is 2.89. The number of anilines is 1. The molecule has 7 heteroatoms. The Morgan fingerprint density at radius 1 is 1.11 bits per heavy atom. The van der Waals surface area contributed by atoms with Crippen LogP contribution in [0.2, 0.25) is 0 Å². The maximum absolute atomic E-state index is 5.31. The van der Waals surface area contributed by atoms with Crippen LogP contribution in [-0.4, -0.2) is 67.5 Å². The Morgan fingerprint density at radius 2 is 1.89 bits per heavy atom. The molecule has 0 atom stereocenters. The van der Waals surface area contributed by atoms with Gasteiger partial charge in [-0.15, -0.1) is 0 Å². The molecule has 0 spiro atoms. The molecular formula is C11H19N5O2. The van der Waals surface area contributed by atoms with Crippen molar-refractivity contribution < 1.29 is 9.26 Å². The number of piperazine rings is 1. The van der Waals surface area contributed by atoms with Gasteiger partial charge in [0.25, 0.3) is 5.95 Å². The summed E-state index contributed by atoms with van der Waals surface area (Å²) in [4.78, 5) is 8.89. The first-order valence-corrected chi connectivity index (χ1v) is 6.50. The topological polar surface area (TPSA) is 66.7 Å². The fourth-order valence-corrected chi connectivity index (χ4v) is 2.26. The minimum absolute atomic E-state index is 0.698. The van der Waals surface area contributed by atoms with Crippen molar-refractivity contribution in [3.8, 4) is 0 Å². The molecule has 0 bridgehead atoms. The summed E-state index contributed by atoms with van der Waals surface area (Å²) in [6.07, 6.45) is 0. The largest absolute Gasteiger partial charge is 0.378 e. The van der Waals surface area contributed by atoms with Crippen LogP contribution in [0, 0.1) is 0 Å². The highest BCUT2D eigenvalue weighted by molar-refractivity contribution is 5.27. The van der Waals surface area contributed by atoms with Crippen molar-refractivity contribution in [2.45, 2.75) is 6.54 Å². The van der Waals surface area contributed by atoms with Crippen molar-refractivity contribution >= 4 is 5.95 Å². The lowest BCUT2D eigenvalue weighted by molar-refractivity contribution is 0.121. The van der Waals surface area contributed by atoms with Gasteiger partial charge < -0.3 is 19.5 Å². The van der Waals surface area contributed by atoms with Crippen molar-refractivity contribution in [2.24, 2.45) is 0 Å². The van der Waals surface area contributed by atoms with E-state index >= 15 is 0 Å². The first-order valence-electron chi connectivity index (χ1n) is 6.50. The Morgan fingerprint density at radius 3 is 2.67 bits per heavy atom. The summed E-state index contributed by atoms with van der Waals surface area (Å²) in [5.41, 5.74) is 0. The number of ether oxygens (including phenoxy) is 1. The van der Waals surface area contributed by atoms with Gasteiger partial charge in [-0.3, -0.25) is 4.90 Å². The molecule has 0 amide bonds. The number of hydrogen-bond acceptors (Lipinski definition) is 7. The second-order valence-corrected chi connectivity index (χ2v) is 4.61. The van der Waals surface area contributed by atoms with Crippen molar-refractivity contribution in [3.05, 3.63) is 5.89 Å². The summed E-state index contributed by atoms with van der Waals surface area (Å²) < 4.78 is 10.6. The third-order valence-corrected chi connectivity index (χ3v) is 3.32. The van der Waals surface area contributed by atoms with E-state index in [2.05, 4.69) is 25.3 Å². The molecule has 2 fully saturated rings. The summed E-state index contributed by atoms with van der Waals surface area (Å²) in [5.74, 6) is 1.40. The fourth-order valence-electron chi connectivity index (χ4n) is 2.26. The number of rotatable bonds is 3. The number of hydrogen-bond donors (Lipinski definition) is 1. The Balaban J connectivity index is 1.58. The molecule has 18 heavy (non-hydrogen) atoms. The number of aromatic nitrogens is 2. The van der Waals surface area contributed by atoms with E-state index in [9.17, 15) is 0 Å². The normalized spacial score (nSPS) is 22.3. The van der Waals surface area contributed by atoms with Gasteiger partial charge in [-0.1, -0.05) is 0 Å². The second kappa shape index (κ2) is 5.64. The quantitative estimate of drug-likeness (QED) is 0.765. The number of nitrogens with one attached hydrogen (secondary N) is 1. The van der Waals surface area contributed by atoms with E-state index in [0.717, 1.165) is 59.0 Å². The monoisotopic (exact) mass is 253 g/mol. The standard InChI is InChI=1S/C11H19N5O2/c1-3-15(4-2-12-1)9-10-13-11(14-18-10)16-5-7-17-8-6-16/h12H,1-9H2. The lowest BCUT2D eigenvalue weighted by Gasteiger charge is -2.25. The third kappa shape index (κ3) is 2.80. The zero-order valence-electron chi connectivity index (χ0n) is 10.5. The predicted molar refractivity (Wildman–Crippen MR) is 65.5 cm³/mol. The molecule has 1 N–H and O–H groups in total. The van der Waals surface area contributed by atoms with Crippen LogP contribution in [-0.2, 0) is 11.3 Å². The minimum Gasteiger partial charge on any atom is -0.378 e. The summed E-state index contributed by atoms with van der Waals surface area (Å²) in [7, 11) is 0. The van der Waals surface area contributed by atoms with Gasteiger partial charge in [-0.25, -0.2) is 0 Å². The van der Waals surface area contributed by atoms with E-state index < -0.39 is 0 Å². The second-order valence-electron chi connectivity index (χ2n) is 4.61. The Labute approximate surface area is 106 Å². The molecule has 0 aromatic carbocycles. The van der Waals surface area contributed by atoms with E-state index in [1.165, 1.54) is 0 Å². The summed E-state index contributed by atoms with van der Waals surface area (Å²) in [6, 6.07) is 0. The van der Waals surface area contributed by atoms with E-state index in [4.69, 9.17) is 9.26 Å². The SMILES string of the molecule is C1CN(Cc2nc(N3CCOCC3)no2)CCN1. The van der Waals surface area contributed by atoms with Crippen LogP contribution in [0.1, 0.15) is 5.89 Å². The van der Waals surface area contributed by atoms with Gasteiger partial charge in [-0.2, -0.15) is 4.98 Å². The molecule has 0 aliphatic carbocycles. The summed E-state index contributed by atoms with van der Waals surface area (Å²) >= 11 is 0. The molecule has 2 aliphatic heterocycles. The highest BCUT2D eigenvalue weighted by Crippen LogP contribution is 2.12. The Bertz CT molecular complexity index is 371. The van der Waals surface area contributed by atoms with Gasteiger partial charge in [0.1, 0.15) is 0 Å². The molecule has 0 radical (unpaired) electrons. The van der Waals surface area contributed by atoms with E-state index in [-0.39, 0.29) is 0 Å². The first-order chi connectivity index (χ1) is 8.92. The smallest absolute Gasteiger partial charge is 0.266 e. The van der Waals surface area contributed by atoms with Crippen LogP contribution in [0.4, 0.5) is 5.95 Å². The van der Waals surface area contributed by atoms with Gasteiger partial charge in [0.05, 0.1) is 19.8 Å². The van der Waals surface area contributed by atoms with Crippen LogP contribution >= 0.6 is 0 Å². The summed E-state index contributed by atoms with van der Waals surface area (Å²) in [5, 5.41) is 7.37. The van der Waals surface area contributed by atoms with Crippen molar-refractivity contribution in [1.82, 2.24) is 20.4 Å². The van der Waals surface area contributed by atoms with Gasteiger partial charge in [0, 0.05) is 39.3 Å². The molecule has 3 heterocycles. The lowest BCUT2D eigenvalue weighted by Crippen LogP contribution is -2.43. The van der Waals surface area contributed by atoms with Gasteiger partial charge >= 0.3 is 0 Å². The van der Waals surface area contributed by atoms with E-state index in [1.807, 2.05) is 0 Å². The molecular weight excluding hydrogens is 234 g/mol. The van der Waals surface area contributed by atoms with Crippen molar-refractivity contribution in [1.29, 1.82) is 0 Å². The zero-order chi connectivity index (χ0) is 12.2. The highest BCUT2D eigenvalue weighted by Gasteiger charge is 2.19. The number of morpholine rings is 1. The number of nitrogens with zero attached hydrogens (tertiary/aromatic N) is 4. The fraction of sp³-hybridized carbons (Fsp3) is 0.818.